The highest BCUT2D eigenvalue weighted by Crippen LogP contribution is 2.28. The van der Waals surface area contributed by atoms with Gasteiger partial charge in [-0.2, -0.15) is 5.26 Å². The molecule has 110 valence electrons. The van der Waals surface area contributed by atoms with E-state index in [0.717, 1.165) is 24.3 Å². The van der Waals surface area contributed by atoms with Crippen LogP contribution in [0.1, 0.15) is 38.7 Å². The summed E-state index contributed by atoms with van der Waals surface area (Å²) in [6.45, 7) is 4.56. The number of rotatable bonds is 8. The maximum Gasteiger partial charge on any atom is 0.161 e. The second kappa shape index (κ2) is 7.76. The fraction of sp³-hybridized carbons (Fsp3) is 0.562. The Hall–Kier alpha value is -1.73. The first-order valence-corrected chi connectivity index (χ1v) is 7.08. The van der Waals surface area contributed by atoms with E-state index in [9.17, 15) is 0 Å². The normalized spacial score (nSPS) is 13.3. The highest BCUT2D eigenvalue weighted by Gasteiger charge is 2.21. The van der Waals surface area contributed by atoms with Gasteiger partial charge in [-0.3, -0.25) is 0 Å². The predicted molar refractivity (Wildman–Crippen MR) is 79.9 cm³/mol. The summed E-state index contributed by atoms with van der Waals surface area (Å²) in [6.07, 6.45) is 3.00. The van der Waals surface area contributed by atoms with Gasteiger partial charge in [0.05, 0.1) is 19.8 Å². The molecule has 20 heavy (non-hydrogen) atoms. The zero-order valence-electron chi connectivity index (χ0n) is 12.6. The van der Waals surface area contributed by atoms with Crippen LogP contribution in [0.3, 0.4) is 0 Å². The average molecular weight is 276 g/mol. The van der Waals surface area contributed by atoms with Crippen molar-refractivity contribution in [2.75, 3.05) is 13.7 Å². The van der Waals surface area contributed by atoms with Crippen molar-refractivity contribution >= 4 is 0 Å². The number of nitrogens with zero attached hydrogens (tertiary/aromatic N) is 1. The monoisotopic (exact) mass is 276 g/mol. The van der Waals surface area contributed by atoms with Gasteiger partial charge < -0.3 is 15.2 Å². The van der Waals surface area contributed by atoms with E-state index in [4.69, 9.17) is 20.5 Å². The maximum atomic E-state index is 9.01. The van der Waals surface area contributed by atoms with Crippen LogP contribution in [0.15, 0.2) is 18.2 Å². The van der Waals surface area contributed by atoms with Crippen LogP contribution in [0.4, 0.5) is 0 Å². The molecule has 0 bridgehead atoms. The van der Waals surface area contributed by atoms with Gasteiger partial charge in [0.25, 0.3) is 0 Å². The quantitative estimate of drug-likeness (QED) is 0.741. The lowest BCUT2D eigenvalue weighted by Crippen LogP contribution is -2.37. The lowest BCUT2D eigenvalue weighted by molar-refractivity contribution is 0.275. The van der Waals surface area contributed by atoms with Crippen LogP contribution in [0.5, 0.6) is 11.5 Å². The van der Waals surface area contributed by atoms with Gasteiger partial charge in [0.1, 0.15) is 5.54 Å². The van der Waals surface area contributed by atoms with E-state index in [1.54, 1.807) is 7.11 Å². The molecule has 0 aromatic heterocycles. The van der Waals surface area contributed by atoms with E-state index < -0.39 is 5.54 Å². The fourth-order valence-corrected chi connectivity index (χ4v) is 1.93. The van der Waals surface area contributed by atoms with Gasteiger partial charge in [-0.25, -0.2) is 0 Å². The molecule has 4 nitrogen and oxygen atoms in total. The Labute approximate surface area is 121 Å². The molecule has 2 N–H and O–H groups in total. The minimum Gasteiger partial charge on any atom is -0.493 e. The van der Waals surface area contributed by atoms with Gasteiger partial charge in [-0.15, -0.1) is 0 Å². The van der Waals surface area contributed by atoms with Gasteiger partial charge in [0.15, 0.2) is 11.5 Å². The third-order valence-corrected chi connectivity index (χ3v) is 3.51. The van der Waals surface area contributed by atoms with Crippen molar-refractivity contribution < 1.29 is 9.47 Å². The fourth-order valence-electron chi connectivity index (χ4n) is 1.93. The van der Waals surface area contributed by atoms with Gasteiger partial charge >= 0.3 is 0 Å². The highest BCUT2D eigenvalue weighted by molar-refractivity contribution is 5.42. The van der Waals surface area contributed by atoms with Crippen molar-refractivity contribution in [2.45, 2.75) is 45.1 Å². The molecule has 4 heteroatoms. The molecule has 0 spiro atoms. The molecule has 0 aliphatic heterocycles. The number of ether oxygens (including phenoxy) is 2. The Morgan fingerprint density at radius 3 is 2.60 bits per heavy atom. The minimum absolute atomic E-state index is 0.530. The molecular weight excluding hydrogens is 252 g/mol. The van der Waals surface area contributed by atoms with Crippen molar-refractivity contribution in [3.05, 3.63) is 23.8 Å². The van der Waals surface area contributed by atoms with E-state index in [1.807, 2.05) is 25.1 Å². The Morgan fingerprint density at radius 1 is 1.30 bits per heavy atom. The zero-order chi connectivity index (χ0) is 15.0. The number of nitriles is 1. The number of methoxy groups -OCH3 is 1. The first kappa shape index (κ1) is 16.3. The van der Waals surface area contributed by atoms with E-state index >= 15 is 0 Å². The van der Waals surface area contributed by atoms with E-state index in [0.29, 0.717) is 19.4 Å². The summed E-state index contributed by atoms with van der Waals surface area (Å²) >= 11 is 0. The third-order valence-electron chi connectivity index (χ3n) is 3.51. The minimum atomic E-state index is -0.737. The van der Waals surface area contributed by atoms with Gasteiger partial charge in [0, 0.05) is 0 Å². The molecule has 1 atom stereocenters. The van der Waals surface area contributed by atoms with Crippen molar-refractivity contribution in [1.82, 2.24) is 0 Å². The van der Waals surface area contributed by atoms with E-state index in [-0.39, 0.29) is 0 Å². The van der Waals surface area contributed by atoms with Crippen LogP contribution < -0.4 is 15.2 Å². The molecule has 0 amide bonds. The van der Waals surface area contributed by atoms with Crippen LogP contribution in [0, 0.1) is 11.3 Å². The number of nitrogens with two attached hydrogens (primary N) is 1. The average Bonchev–Trinajstić information content (AvgIpc) is 2.51. The van der Waals surface area contributed by atoms with Crippen LogP contribution in [0.25, 0.3) is 0 Å². The molecule has 0 saturated heterocycles. The standard InChI is InChI=1S/C16H24N2O2/c1-4-13-7-8-14(15(11-13)19-3)20-10-6-9-16(18,5-2)12-17/h7-8,11H,4-6,9-10,18H2,1-3H3. The molecule has 1 unspecified atom stereocenters. The van der Waals surface area contributed by atoms with Crippen LogP contribution in [-0.4, -0.2) is 19.3 Å². The topological polar surface area (TPSA) is 68.3 Å². The molecule has 0 saturated carbocycles. The van der Waals surface area contributed by atoms with Crippen LogP contribution >= 0.6 is 0 Å². The van der Waals surface area contributed by atoms with Crippen molar-refractivity contribution in [3.8, 4) is 17.6 Å². The summed E-state index contributed by atoms with van der Waals surface area (Å²) in [4.78, 5) is 0. The van der Waals surface area contributed by atoms with Crippen molar-refractivity contribution in [3.63, 3.8) is 0 Å². The molecule has 0 fully saturated rings. The molecule has 1 rings (SSSR count). The molecule has 0 heterocycles. The summed E-state index contributed by atoms with van der Waals surface area (Å²) in [5.74, 6) is 1.49. The largest absolute Gasteiger partial charge is 0.493 e. The highest BCUT2D eigenvalue weighted by atomic mass is 16.5. The Balaban J connectivity index is 2.52. The lowest BCUT2D eigenvalue weighted by Gasteiger charge is -2.19. The molecule has 0 aliphatic carbocycles. The SMILES string of the molecule is CCc1ccc(OCCCC(N)(C#N)CC)c(OC)c1. The maximum absolute atomic E-state index is 9.01. The lowest BCUT2D eigenvalue weighted by atomic mass is 9.94. The second-order valence-electron chi connectivity index (χ2n) is 4.91. The van der Waals surface area contributed by atoms with Crippen molar-refractivity contribution in [2.24, 2.45) is 5.73 Å². The summed E-state index contributed by atoms with van der Waals surface area (Å²) in [5, 5.41) is 9.01. The van der Waals surface area contributed by atoms with Crippen molar-refractivity contribution in [1.29, 1.82) is 5.26 Å². The molecule has 1 aromatic rings. The Bertz CT molecular complexity index is 468. The summed E-state index contributed by atoms with van der Waals surface area (Å²) in [7, 11) is 1.64. The van der Waals surface area contributed by atoms with E-state index in [2.05, 4.69) is 13.0 Å². The summed E-state index contributed by atoms with van der Waals surface area (Å²) < 4.78 is 11.0. The van der Waals surface area contributed by atoms with E-state index in [1.165, 1.54) is 5.56 Å². The number of hydrogen-bond donors (Lipinski definition) is 1. The summed E-state index contributed by atoms with van der Waals surface area (Å²) in [5.41, 5.74) is 6.41. The molecule has 0 aliphatic rings. The Morgan fingerprint density at radius 2 is 2.05 bits per heavy atom. The Kier molecular flexibility index (Phi) is 6.33. The predicted octanol–water partition coefficient (Wildman–Crippen LogP) is 3.05. The number of aryl methyl sites for hydroxylation is 1. The molecular formula is C16H24N2O2. The van der Waals surface area contributed by atoms with Crippen LogP contribution in [-0.2, 0) is 6.42 Å². The van der Waals surface area contributed by atoms with Gasteiger partial charge in [-0.05, 0) is 43.4 Å². The first-order valence-electron chi connectivity index (χ1n) is 7.08. The molecule has 1 aromatic carbocycles. The van der Waals surface area contributed by atoms with Gasteiger partial charge in [0.2, 0.25) is 0 Å². The number of hydrogen-bond acceptors (Lipinski definition) is 4. The first-order chi connectivity index (χ1) is 9.58. The van der Waals surface area contributed by atoms with Crippen LogP contribution in [0.2, 0.25) is 0 Å². The zero-order valence-corrected chi connectivity index (χ0v) is 12.6. The summed E-state index contributed by atoms with van der Waals surface area (Å²) in [6, 6.07) is 8.11. The number of benzene rings is 1. The van der Waals surface area contributed by atoms with Gasteiger partial charge in [-0.1, -0.05) is 19.9 Å². The smallest absolute Gasteiger partial charge is 0.161 e. The third kappa shape index (κ3) is 4.43. The second-order valence-corrected chi connectivity index (χ2v) is 4.91. The molecule has 0 radical (unpaired) electrons.